The number of carbonyl (C=O) groups is 2. The number of aromatic nitrogens is 3. The van der Waals surface area contributed by atoms with Crippen LogP contribution in [0.15, 0.2) is 6.07 Å². The van der Waals surface area contributed by atoms with E-state index in [4.69, 9.17) is 4.74 Å². The molecule has 1 atom stereocenters. The van der Waals surface area contributed by atoms with Crippen molar-refractivity contribution >= 4 is 23.3 Å². The summed E-state index contributed by atoms with van der Waals surface area (Å²) in [5.74, 6) is -0.714. The molecule has 0 spiro atoms. The smallest absolute Gasteiger partial charge is 0.337 e. The Labute approximate surface area is 214 Å². The van der Waals surface area contributed by atoms with E-state index < -0.39 is 17.7 Å². The van der Waals surface area contributed by atoms with Crippen molar-refractivity contribution in [2.24, 2.45) is 10.8 Å². The Morgan fingerprint density at radius 1 is 1.17 bits per heavy atom. The second-order valence-corrected chi connectivity index (χ2v) is 12.9. The number of carboxylic acids is 1. The summed E-state index contributed by atoms with van der Waals surface area (Å²) in [4.78, 5) is 32.2. The van der Waals surface area contributed by atoms with Gasteiger partial charge in [-0.3, -0.25) is 4.79 Å². The van der Waals surface area contributed by atoms with Crippen molar-refractivity contribution in [1.82, 2.24) is 19.9 Å². The van der Waals surface area contributed by atoms with E-state index in [9.17, 15) is 14.7 Å². The molecule has 3 rings (SSSR count). The van der Waals surface area contributed by atoms with Gasteiger partial charge in [0, 0.05) is 31.4 Å². The molecule has 200 valence electrons. The lowest BCUT2D eigenvalue weighted by Gasteiger charge is -2.39. The SMILES string of the molecule is Cc1nc2cc(C(=O)NCCC(C)(C)C)nn2c(N2CCC(C)(C)CC2)c1[C@H](OC(C)(C)C)C(=O)O. The lowest BCUT2D eigenvalue weighted by Crippen LogP contribution is -2.40. The summed E-state index contributed by atoms with van der Waals surface area (Å²) >= 11 is 0. The highest BCUT2D eigenvalue weighted by molar-refractivity contribution is 5.93. The fraction of sp³-hybridized carbons (Fsp3) is 0.704. The molecule has 0 aromatic carbocycles. The second-order valence-electron chi connectivity index (χ2n) is 12.9. The van der Waals surface area contributed by atoms with E-state index in [1.54, 1.807) is 17.5 Å². The Balaban J connectivity index is 2.11. The van der Waals surface area contributed by atoms with Gasteiger partial charge in [0.25, 0.3) is 5.91 Å². The summed E-state index contributed by atoms with van der Waals surface area (Å²) in [6, 6.07) is 1.67. The van der Waals surface area contributed by atoms with Crippen LogP contribution in [0.25, 0.3) is 5.65 Å². The highest BCUT2D eigenvalue weighted by Crippen LogP contribution is 2.38. The van der Waals surface area contributed by atoms with Crippen LogP contribution in [0.2, 0.25) is 0 Å². The zero-order chi connectivity index (χ0) is 27.1. The van der Waals surface area contributed by atoms with Crippen molar-refractivity contribution in [3.05, 3.63) is 23.0 Å². The Kier molecular flexibility index (Phi) is 7.75. The number of amides is 1. The van der Waals surface area contributed by atoms with Crippen LogP contribution in [-0.4, -0.2) is 56.8 Å². The van der Waals surface area contributed by atoms with Crippen LogP contribution >= 0.6 is 0 Å². The third-order valence-corrected chi connectivity index (χ3v) is 6.57. The molecule has 0 aliphatic carbocycles. The number of fused-ring (bicyclic) bond motifs is 1. The molecule has 0 saturated carbocycles. The Bertz CT molecular complexity index is 1110. The molecule has 3 heterocycles. The quantitative estimate of drug-likeness (QED) is 0.562. The third kappa shape index (κ3) is 6.75. The number of carbonyl (C=O) groups excluding carboxylic acids is 1. The molecule has 0 radical (unpaired) electrons. The van der Waals surface area contributed by atoms with Crippen LogP contribution in [0.4, 0.5) is 5.82 Å². The van der Waals surface area contributed by atoms with Gasteiger partial charge in [0.2, 0.25) is 0 Å². The van der Waals surface area contributed by atoms with Crippen molar-refractivity contribution in [1.29, 1.82) is 0 Å². The molecule has 1 saturated heterocycles. The molecule has 1 aliphatic heterocycles. The molecule has 2 aromatic rings. The molecule has 0 unspecified atom stereocenters. The third-order valence-electron chi connectivity index (χ3n) is 6.57. The van der Waals surface area contributed by atoms with Gasteiger partial charge in [0.1, 0.15) is 5.82 Å². The highest BCUT2D eigenvalue weighted by Gasteiger charge is 2.36. The number of hydrogen-bond donors (Lipinski definition) is 2. The van der Waals surface area contributed by atoms with Gasteiger partial charge in [-0.25, -0.2) is 9.78 Å². The Hall–Kier alpha value is -2.68. The number of piperidine rings is 1. The zero-order valence-electron chi connectivity index (χ0n) is 23.4. The van der Waals surface area contributed by atoms with E-state index >= 15 is 0 Å². The standard InChI is InChI=1S/C27H43N5O4/c1-17-20(21(24(34)35)36-26(5,6)7)23(31-14-11-27(8,9)12-15-31)32-19(29-17)16-18(30-32)22(33)28-13-10-25(2,3)4/h16,21H,10-15H2,1-9H3,(H,28,33)(H,34,35)/t21-/m0/s1. The predicted octanol–water partition coefficient (Wildman–Crippen LogP) is 4.77. The molecule has 0 bridgehead atoms. The van der Waals surface area contributed by atoms with Gasteiger partial charge in [-0.05, 0) is 57.8 Å². The number of aryl methyl sites for hydroxylation is 1. The molecule has 9 heteroatoms. The molecule has 2 aromatic heterocycles. The first-order valence-electron chi connectivity index (χ1n) is 12.8. The summed E-state index contributed by atoms with van der Waals surface area (Å²) in [5.41, 5.74) is 1.42. The van der Waals surface area contributed by atoms with Crippen LogP contribution in [0.1, 0.15) is 103 Å². The van der Waals surface area contributed by atoms with Crippen LogP contribution in [0.3, 0.4) is 0 Å². The van der Waals surface area contributed by atoms with E-state index in [1.165, 1.54) is 0 Å². The zero-order valence-corrected chi connectivity index (χ0v) is 23.4. The molecule has 1 amide bonds. The number of anilines is 1. The molecule has 1 aliphatic rings. The largest absolute Gasteiger partial charge is 0.479 e. The van der Waals surface area contributed by atoms with Crippen LogP contribution in [-0.2, 0) is 9.53 Å². The maximum atomic E-state index is 12.9. The van der Waals surface area contributed by atoms with Crippen molar-refractivity contribution < 1.29 is 19.4 Å². The molecule has 36 heavy (non-hydrogen) atoms. The number of nitrogens with zero attached hydrogens (tertiary/aromatic N) is 4. The first kappa shape index (κ1) is 27.9. The normalized spacial score (nSPS) is 17.3. The van der Waals surface area contributed by atoms with E-state index in [2.05, 4.69) is 54.9 Å². The number of rotatable bonds is 7. The lowest BCUT2D eigenvalue weighted by atomic mass is 9.82. The second kappa shape index (κ2) is 10.00. The number of aliphatic carboxylic acids is 1. The van der Waals surface area contributed by atoms with Crippen LogP contribution < -0.4 is 10.2 Å². The number of nitrogens with one attached hydrogen (secondary N) is 1. The Morgan fingerprint density at radius 3 is 2.31 bits per heavy atom. The summed E-state index contributed by atoms with van der Waals surface area (Å²) in [5, 5.41) is 17.8. The fourth-order valence-corrected chi connectivity index (χ4v) is 4.39. The summed E-state index contributed by atoms with van der Waals surface area (Å²) in [6.45, 7) is 20.2. The van der Waals surface area contributed by atoms with Gasteiger partial charge in [-0.15, -0.1) is 0 Å². The van der Waals surface area contributed by atoms with E-state index in [0.717, 1.165) is 32.4 Å². The molecule has 1 fully saturated rings. The van der Waals surface area contributed by atoms with Gasteiger partial charge in [-0.2, -0.15) is 9.61 Å². The predicted molar refractivity (Wildman–Crippen MR) is 141 cm³/mol. The minimum Gasteiger partial charge on any atom is -0.479 e. The first-order chi connectivity index (χ1) is 16.5. The van der Waals surface area contributed by atoms with E-state index in [0.29, 0.717) is 29.3 Å². The highest BCUT2D eigenvalue weighted by atomic mass is 16.5. The molecular weight excluding hydrogens is 458 g/mol. The van der Waals surface area contributed by atoms with E-state index in [1.807, 2.05) is 20.8 Å². The van der Waals surface area contributed by atoms with Gasteiger partial charge < -0.3 is 20.1 Å². The van der Waals surface area contributed by atoms with E-state index in [-0.39, 0.29) is 22.4 Å². The minimum atomic E-state index is -1.22. The number of ether oxygens (including phenoxy) is 1. The van der Waals surface area contributed by atoms with Gasteiger partial charge in [0.15, 0.2) is 17.4 Å². The van der Waals surface area contributed by atoms with Crippen molar-refractivity contribution in [2.75, 3.05) is 24.5 Å². The maximum absolute atomic E-state index is 12.9. The van der Waals surface area contributed by atoms with Crippen LogP contribution in [0.5, 0.6) is 0 Å². The molecular formula is C27H43N5O4. The fourth-order valence-electron chi connectivity index (χ4n) is 4.39. The first-order valence-corrected chi connectivity index (χ1v) is 12.8. The monoisotopic (exact) mass is 501 g/mol. The average molecular weight is 502 g/mol. The van der Waals surface area contributed by atoms with Crippen molar-refractivity contribution in [3.63, 3.8) is 0 Å². The molecule has 2 N–H and O–H groups in total. The average Bonchev–Trinajstić information content (AvgIpc) is 3.13. The summed E-state index contributed by atoms with van der Waals surface area (Å²) in [7, 11) is 0. The van der Waals surface area contributed by atoms with Crippen LogP contribution in [0, 0.1) is 17.8 Å². The summed E-state index contributed by atoms with van der Waals surface area (Å²) in [6.07, 6.45) is 1.52. The minimum absolute atomic E-state index is 0.105. The lowest BCUT2D eigenvalue weighted by molar-refractivity contribution is -0.160. The van der Waals surface area contributed by atoms with Crippen molar-refractivity contribution in [3.8, 4) is 0 Å². The summed E-state index contributed by atoms with van der Waals surface area (Å²) < 4.78 is 7.67. The topological polar surface area (TPSA) is 109 Å². The van der Waals surface area contributed by atoms with Crippen molar-refractivity contribution in [2.45, 2.75) is 93.3 Å². The number of carboxylic acid groups (broad SMARTS) is 1. The maximum Gasteiger partial charge on any atom is 0.337 e. The van der Waals surface area contributed by atoms with Gasteiger partial charge in [0.05, 0.1) is 11.2 Å². The number of hydrogen-bond acceptors (Lipinski definition) is 6. The van der Waals surface area contributed by atoms with Gasteiger partial charge in [-0.1, -0.05) is 34.6 Å². The Morgan fingerprint density at radius 2 is 1.78 bits per heavy atom. The van der Waals surface area contributed by atoms with Gasteiger partial charge >= 0.3 is 5.97 Å². The molecule has 9 nitrogen and oxygen atoms in total.